The van der Waals surface area contributed by atoms with E-state index in [-0.39, 0.29) is 5.92 Å². The van der Waals surface area contributed by atoms with Gasteiger partial charge in [-0.3, -0.25) is 4.79 Å². The molecule has 0 unspecified atom stereocenters. The lowest BCUT2D eigenvalue weighted by Gasteiger charge is -2.31. The topological polar surface area (TPSA) is 102 Å². The van der Waals surface area contributed by atoms with Crippen molar-refractivity contribution >= 4 is 17.5 Å². The van der Waals surface area contributed by atoms with Gasteiger partial charge in [-0.2, -0.15) is 4.98 Å². The Bertz CT molecular complexity index is 786. The van der Waals surface area contributed by atoms with Gasteiger partial charge in [0.05, 0.1) is 5.92 Å². The van der Waals surface area contributed by atoms with Gasteiger partial charge in [-0.05, 0) is 49.9 Å². The van der Waals surface area contributed by atoms with E-state index >= 15 is 0 Å². The molecule has 0 saturated carbocycles. The monoisotopic (exact) mass is 342 g/mol. The number of carboxylic acids is 1. The van der Waals surface area contributed by atoms with E-state index in [0.717, 1.165) is 5.56 Å². The van der Waals surface area contributed by atoms with Crippen molar-refractivity contribution in [2.75, 3.05) is 23.7 Å². The molecular weight excluding hydrogens is 320 g/mol. The Kier molecular flexibility index (Phi) is 4.74. The van der Waals surface area contributed by atoms with Crippen LogP contribution in [0.25, 0.3) is 0 Å². The highest BCUT2D eigenvalue weighted by Crippen LogP contribution is 2.33. The molecule has 0 amide bonds. The lowest BCUT2D eigenvalue weighted by molar-refractivity contribution is -0.142. The van der Waals surface area contributed by atoms with Crippen LogP contribution in [0, 0.1) is 19.8 Å². The predicted molar refractivity (Wildman–Crippen MR) is 95.0 cm³/mol. The van der Waals surface area contributed by atoms with Crippen LogP contribution in [0.15, 0.2) is 24.5 Å². The summed E-state index contributed by atoms with van der Waals surface area (Å²) in [5.41, 5.74) is 8.90. The number of aryl methyl sites for hydroxylation is 2. The molecule has 1 fully saturated rings. The molecular formula is C18H22N4O3. The maximum atomic E-state index is 11.1. The van der Waals surface area contributed by atoms with Crippen molar-refractivity contribution in [2.24, 2.45) is 5.92 Å². The summed E-state index contributed by atoms with van der Waals surface area (Å²) in [5, 5.41) is 9.11. The molecule has 1 aliphatic heterocycles. The number of benzene rings is 1. The van der Waals surface area contributed by atoms with Crippen LogP contribution in [0.3, 0.4) is 0 Å². The Morgan fingerprint density at radius 1 is 1.24 bits per heavy atom. The van der Waals surface area contributed by atoms with Gasteiger partial charge in [0.1, 0.15) is 17.8 Å². The predicted octanol–water partition coefficient (Wildman–Crippen LogP) is 2.77. The van der Waals surface area contributed by atoms with Gasteiger partial charge in [0.15, 0.2) is 5.82 Å². The second kappa shape index (κ2) is 6.96. The number of piperidine rings is 1. The molecule has 0 radical (unpaired) electrons. The number of ether oxygens (including phenoxy) is 1. The summed E-state index contributed by atoms with van der Waals surface area (Å²) in [5.74, 6) is 0.537. The average molecular weight is 342 g/mol. The van der Waals surface area contributed by atoms with E-state index in [1.54, 1.807) is 0 Å². The molecule has 1 aliphatic rings. The summed E-state index contributed by atoms with van der Waals surface area (Å²) in [6.45, 7) is 5.25. The van der Waals surface area contributed by atoms with Crippen LogP contribution in [0.4, 0.5) is 11.5 Å². The highest BCUT2D eigenvalue weighted by molar-refractivity contribution is 5.72. The summed E-state index contributed by atoms with van der Waals surface area (Å²) in [6, 6.07) is 5.80. The first-order valence-corrected chi connectivity index (χ1v) is 8.29. The number of carboxylic acid groups (broad SMARTS) is 1. The quantitative estimate of drug-likeness (QED) is 0.881. The molecule has 7 nitrogen and oxygen atoms in total. The van der Waals surface area contributed by atoms with Gasteiger partial charge in [-0.15, -0.1) is 0 Å². The number of aromatic nitrogens is 2. The molecule has 1 saturated heterocycles. The summed E-state index contributed by atoms with van der Waals surface area (Å²) in [6.07, 6.45) is 2.57. The van der Waals surface area contributed by atoms with Gasteiger partial charge < -0.3 is 20.5 Å². The van der Waals surface area contributed by atoms with Crippen molar-refractivity contribution in [1.82, 2.24) is 9.97 Å². The van der Waals surface area contributed by atoms with E-state index in [0.29, 0.717) is 49.1 Å². The number of aliphatic carboxylic acids is 1. The number of nitrogens with two attached hydrogens (primary N) is 1. The van der Waals surface area contributed by atoms with Crippen LogP contribution in [0.2, 0.25) is 0 Å². The standard InChI is InChI=1S/C18H22N4O3/c1-11-3-4-14(9-12(11)2)25-17-15(19)16(20-10-21-17)22-7-5-13(6-8-22)18(23)24/h3-4,9-10,13H,5-8,19H2,1-2H3,(H,23,24). The molecule has 0 atom stereocenters. The molecule has 2 heterocycles. The number of carbonyl (C=O) groups is 1. The number of hydrogen-bond acceptors (Lipinski definition) is 6. The van der Waals surface area contributed by atoms with Crippen molar-refractivity contribution in [1.29, 1.82) is 0 Å². The molecule has 2 aromatic rings. The molecule has 132 valence electrons. The minimum Gasteiger partial charge on any atom is -0.481 e. The molecule has 3 N–H and O–H groups in total. The van der Waals surface area contributed by atoms with Crippen LogP contribution >= 0.6 is 0 Å². The minimum atomic E-state index is -0.742. The highest BCUT2D eigenvalue weighted by Gasteiger charge is 2.27. The van der Waals surface area contributed by atoms with E-state index in [1.807, 2.05) is 36.9 Å². The van der Waals surface area contributed by atoms with Crippen molar-refractivity contribution in [2.45, 2.75) is 26.7 Å². The molecule has 1 aromatic carbocycles. The average Bonchev–Trinajstić information content (AvgIpc) is 2.60. The number of anilines is 2. The van der Waals surface area contributed by atoms with Crippen LogP contribution in [-0.4, -0.2) is 34.1 Å². The highest BCUT2D eigenvalue weighted by atomic mass is 16.5. The smallest absolute Gasteiger partial charge is 0.306 e. The molecule has 0 bridgehead atoms. The van der Waals surface area contributed by atoms with Gasteiger partial charge in [-0.1, -0.05) is 6.07 Å². The van der Waals surface area contributed by atoms with Gasteiger partial charge in [0.2, 0.25) is 5.88 Å². The van der Waals surface area contributed by atoms with E-state index in [9.17, 15) is 4.79 Å². The molecule has 3 rings (SSSR count). The van der Waals surface area contributed by atoms with Crippen LogP contribution in [-0.2, 0) is 4.79 Å². The second-order valence-electron chi connectivity index (χ2n) is 6.36. The van der Waals surface area contributed by atoms with Gasteiger partial charge >= 0.3 is 5.97 Å². The van der Waals surface area contributed by atoms with E-state index in [2.05, 4.69) is 9.97 Å². The Labute approximate surface area is 146 Å². The lowest BCUT2D eigenvalue weighted by atomic mass is 9.97. The van der Waals surface area contributed by atoms with Gasteiger partial charge in [-0.25, -0.2) is 4.98 Å². The largest absolute Gasteiger partial charge is 0.481 e. The zero-order chi connectivity index (χ0) is 18.0. The third-order valence-corrected chi connectivity index (χ3v) is 4.66. The summed E-state index contributed by atoms with van der Waals surface area (Å²) < 4.78 is 5.84. The van der Waals surface area contributed by atoms with Crippen LogP contribution in [0.5, 0.6) is 11.6 Å². The van der Waals surface area contributed by atoms with E-state index in [1.165, 1.54) is 11.9 Å². The maximum Gasteiger partial charge on any atom is 0.306 e. The Morgan fingerprint density at radius 3 is 2.60 bits per heavy atom. The van der Waals surface area contributed by atoms with E-state index in [4.69, 9.17) is 15.6 Å². The van der Waals surface area contributed by atoms with Crippen molar-refractivity contribution in [3.05, 3.63) is 35.7 Å². The first kappa shape index (κ1) is 17.0. The van der Waals surface area contributed by atoms with Crippen LogP contribution < -0.4 is 15.4 Å². The number of hydrogen-bond donors (Lipinski definition) is 2. The van der Waals surface area contributed by atoms with Crippen molar-refractivity contribution in [3.63, 3.8) is 0 Å². The Hall–Kier alpha value is -2.83. The molecule has 25 heavy (non-hydrogen) atoms. The second-order valence-corrected chi connectivity index (χ2v) is 6.36. The summed E-state index contributed by atoms with van der Waals surface area (Å²) in [4.78, 5) is 21.5. The third kappa shape index (κ3) is 3.65. The fourth-order valence-corrected chi connectivity index (χ4v) is 2.93. The lowest BCUT2D eigenvalue weighted by Crippen LogP contribution is -2.37. The van der Waals surface area contributed by atoms with Gasteiger partial charge in [0.25, 0.3) is 0 Å². The van der Waals surface area contributed by atoms with Crippen molar-refractivity contribution in [3.8, 4) is 11.6 Å². The maximum absolute atomic E-state index is 11.1. The summed E-state index contributed by atoms with van der Waals surface area (Å²) >= 11 is 0. The zero-order valence-corrected chi connectivity index (χ0v) is 14.4. The van der Waals surface area contributed by atoms with Gasteiger partial charge in [0, 0.05) is 13.1 Å². The molecule has 1 aromatic heterocycles. The summed E-state index contributed by atoms with van der Waals surface area (Å²) in [7, 11) is 0. The third-order valence-electron chi connectivity index (χ3n) is 4.66. The SMILES string of the molecule is Cc1ccc(Oc2ncnc(N3CCC(C(=O)O)CC3)c2N)cc1C. The number of nitrogens with zero attached hydrogens (tertiary/aromatic N) is 3. The fourth-order valence-electron chi connectivity index (χ4n) is 2.93. The molecule has 0 spiro atoms. The minimum absolute atomic E-state index is 0.300. The number of rotatable bonds is 4. The first-order chi connectivity index (χ1) is 12.0. The fraction of sp³-hybridized carbons (Fsp3) is 0.389. The first-order valence-electron chi connectivity index (χ1n) is 8.29. The normalized spacial score (nSPS) is 15.2. The zero-order valence-electron chi connectivity index (χ0n) is 14.4. The van der Waals surface area contributed by atoms with Crippen LogP contribution in [0.1, 0.15) is 24.0 Å². The molecule has 0 aliphatic carbocycles. The Morgan fingerprint density at radius 2 is 1.96 bits per heavy atom. The van der Waals surface area contributed by atoms with Crippen molar-refractivity contribution < 1.29 is 14.6 Å². The molecule has 7 heteroatoms. The Balaban J connectivity index is 1.78. The van der Waals surface area contributed by atoms with E-state index < -0.39 is 5.97 Å². The number of nitrogen functional groups attached to an aromatic ring is 1.